The van der Waals surface area contributed by atoms with Crippen molar-refractivity contribution in [2.45, 2.75) is 13.0 Å². The Morgan fingerprint density at radius 1 is 1.35 bits per heavy atom. The minimum atomic E-state index is -0.406. The fraction of sp³-hybridized carbons (Fsp3) is 0.167. The SMILES string of the molecule is CC(Oc1nc[nH]c(=O)c1Cl)c1ccccc1. The van der Waals surface area contributed by atoms with Crippen molar-refractivity contribution in [3.8, 4) is 5.88 Å². The van der Waals surface area contributed by atoms with Crippen LogP contribution in [0.3, 0.4) is 0 Å². The van der Waals surface area contributed by atoms with Crippen molar-refractivity contribution in [3.05, 3.63) is 57.6 Å². The van der Waals surface area contributed by atoms with Gasteiger partial charge in [-0.3, -0.25) is 4.79 Å². The van der Waals surface area contributed by atoms with Crippen LogP contribution in [0.15, 0.2) is 41.5 Å². The molecular weight excluding hydrogens is 240 g/mol. The van der Waals surface area contributed by atoms with Gasteiger partial charge in [-0.2, -0.15) is 0 Å². The zero-order valence-electron chi connectivity index (χ0n) is 9.18. The van der Waals surface area contributed by atoms with E-state index in [2.05, 4.69) is 9.97 Å². The standard InChI is InChI=1S/C12H11ClN2O2/c1-8(9-5-3-2-4-6-9)17-12-10(13)11(16)14-7-15-12/h2-8H,1H3,(H,14,15,16). The molecule has 5 heteroatoms. The minimum Gasteiger partial charge on any atom is -0.469 e. The Hall–Kier alpha value is -1.81. The van der Waals surface area contributed by atoms with Crippen molar-refractivity contribution in [1.29, 1.82) is 0 Å². The molecule has 2 aromatic rings. The van der Waals surface area contributed by atoms with Gasteiger partial charge in [0.05, 0.1) is 6.33 Å². The Labute approximate surface area is 103 Å². The van der Waals surface area contributed by atoms with E-state index in [0.717, 1.165) is 5.56 Å². The third-order valence-electron chi connectivity index (χ3n) is 2.32. The molecule has 0 saturated carbocycles. The van der Waals surface area contributed by atoms with Crippen molar-refractivity contribution in [2.75, 3.05) is 0 Å². The fourth-order valence-electron chi connectivity index (χ4n) is 1.41. The van der Waals surface area contributed by atoms with E-state index in [-0.39, 0.29) is 17.0 Å². The second kappa shape index (κ2) is 5.01. The van der Waals surface area contributed by atoms with Crippen molar-refractivity contribution in [1.82, 2.24) is 9.97 Å². The summed E-state index contributed by atoms with van der Waals surface area (Å²) in [5.41, 5.74) is 0.586. The molecule has 0 spiro atoms. The van der Waals surface area contributed by atoms with Gasteiger partial charge >= 0.3 is 0 Å². The molecule has 2 rings (SSSR count). The molecule has 1 atom stereocenters. The maximum absolute atomic E-state index is 11.3. The van der Waals surface area contributed by atoms with Gasteiger partial charge < -0.3 is 9.72 Å². The third-order valence-corrected chi connectivity index (χ3v) is 2.66. The molecule has 88 valence electrons. The molecule has 1 aromatic heterocycles. The third kappa shape index (κ3) is 2.65. The number of nitrogens with one attached hydrogen (secondary N) is 1. The van der Waals surface area contributed by atoms with Crippen LogP contribution in [0.4, 0.5) is 0 Å². The summed E-state index contributed by atoms with van der Waals surface area (Å²) < 4.78 is 5.55. The normalized spacial score (nSPS) is 12.1. The summed E-state index contributed by atoms with van der Waals surface area (Å²) in [7, 11) is 0. The average Bonchev–Trinajstić information content (AvgIpc) is 2.36. The van der Waals surface area contributed by atoms with Gasteiger partial charge in [0.2, 0.25) is 5.88 Å². The van der Waals surface area contributed by atoms with Gasteiger partial charge in [0.15, 0.2) is 5.02 Å². The Kier molecular flexibility index (Phi) is 3.44. The van der Waals surface area contributed by atoms with Gasteiger partial charge in [-0.25, -0.2) is 4.98 Å². The molecule has 0 aliphatic rings. The first-order valence-corrected chi connectivity index (χ1v) is 5.51. The molecule has 1 heterocycles. The zero-order chi connectivity index (χ0) is 12.3. The van der Waals surface area contributed by atoms with Crippen LogP contribution in [0, 0.1) is 0 Å². The Balaban J connectivity index is 2.22. The number of halogens is 1. The first kappa shape index (κ1) is 11.7. The molecular formula is C12H11ClN2O2. The predicted octanol–water partition coefficient (Wildman–Crippen LogP) is 2.56. The van der Waals surface area contributed by atoms with Gasteiger partial charge in [0.25, 0.3) is 5.56 Å². The molecule has 1 aromatic carbocycles. The number of hydrogen-bond acceptors (Lipinski definition) is 3. The number of benzene rings is 1. The quantitative estimate of drug-likeness (QED) is 0.911. The van der Waals surface area contributed by atoms with E-state index in [1.165, 1.54) is 6.33 Å². The van der Waals surface area contributed by atoms with Crippen molar-refractivity contribution < 1.29 is 4.74 Å². The zero-order valence-corrected chi connectivity index (χ0v) is 9.94. The van der Waals surface area contributed by atoms with Crippen molar-refractivity contribution in [2.24, 2.45) is 0 Å². The maximum atomic E-state index is 11.3. The Morgan fingerprint density at radius 3 is 2.76 bits per heavy atom. The highest BCUT2D eigenvalue weighted by molar-refractivity contribution is 6.31. The number of hydrogen-bond donors (Lipinski definition) is 1. The summed E-state index contributed by atoms with van der Waals surface area (Å²) in [6, 6.07) is 9.64. The van der Waals surface area contributed by atoms with E-state index in [1.54, 1.807) is 0 Å². The summed E-state index contributed by atoms with van der Waals surface area (Å²) in [6.07, 6.45) is 1.05. The number of H-pyrrole nitrogens is 1. The number of aromatic nitrogens is 2. The lowest BCUT2D eigenvalue weighted by Gasteiger charge is -2.14. The van der Waals surface area contributed by atoms with Crippen LogP contribution in [0.5, 0.6) is 5.88 Å². The smallest absolute Gasteiger partial charge is 0.273 e. The molecule has 1 unspecified atom stereocenters. The summed E-state index contributed by atoms with van der Waals surface area (Å²) in [4.78, 5) is 17.5. The van der Waals surface area contributed by atoms with Crippen LogP contribution in [-0.4, -0.2) is 9.97 Å². The topological polar surface area (TPSA) is 55.0 Å². The lowest BCUT2D eigenvalue weighted by molar-refractivity contribution is 0.217. The first-order chi connectivity index (χ1) is 8.18. The van der Waals surface area contributed by atoms with E-state index >= 15 is 0 Å². The maximum Gasteiger partial charge on any atom is 0.273 e. The van der Waals surface area contributed by atoms with E-state index in [9.17, 15) is 4.79 Å². The largest absolute Gasteiger partial charge is 0.469 e. The van der Waals surface area contributed by atoms with E-state index < -0.39 is 5.56 Å². The number of aromatic amines is 1. The first-order valence-electron chi connectivity index (χ1n) is 5.13. The molecule has 0 amide bonds. The fourth-order valence-corrected chi connectivity index (χ4v) is 1.56. The molecule has 0 aliphatic heterocycles. The van der Waals surface area contributed by atoms with Gasteiger partial charge in [0, 0.05) is 0 Å². The number of ether oxygens (including phenoxy) is 1. The van der Waals surface area contributed by atoms with E-state index in [1.807, 2.05) is 37.3 Å². The molecule has 1 N–H and O–H groups in total. The molecule has 0 aliphatic carbocycles. The minimum absolute atomic E-state index is 0.0321. The van der Waals surface area contributed by atoms with Crippen LogP contribution in [0.25, 0.3) is 0 Å². The van der Waals surface area contributed by atoms with Crippen LogP contribution < -0.4 is 10.3 Å². The lowest BCUT2D eigenvalue weighted by atomic mass is 10.1. The second-order valence-electron chi connectivity index (χ2n) is 3.52. The van der Waals surface area contributed by atoms with Gasteiger partial charge in [-0.05, 0) is 12.5 Å². The molecule has 17 heavy (non-hydrogen) atoms. The van der Waals surface area contributed by atoms with Crippen LogP contribution in [0.2, 0.25) is 5.02 Å². The summed E-state index contributed by atoms with van der Waals surface area (Å²) >= 11 is 5.79. The van der Waals surface area contributed by atoms with Crippen LogP contribution in [0.1, 0.15) is 18.6 Å². The second-order valence-corrected chi connectivity index (χ2v) is 3.90. The van der Waals surface area contributed by atoms with Crippen LogP contribution in [-0.2, 0) is 0 Å². The number of rotatable bonds is 3. The highest BCUT2D eigenvalue weighted by Crippen LogP contribution is 2.23. The number of nitrogens with zero attached hydrogens (tertiary/aromatic N) is 1. The average molecular weight is 251 g/mol. The Bertz CT molecular complexity index is 554. The monoisotopic (exact) mass is 250 g/mol. The van der Waals surface area contributed by atoms with E-state index in [4.69, 9.17) is 16.3 Å². The molecule has 0 fully saturated rings. The lowest BCUT2D eigenvalue weighted by Crippen LogP contribution is -2.11. The summed E-state index contributed by atoms with van der Waals surface area (Å²) in [5, 5.41) is -0.0321. The van der Waals surface area contributed by atoms with Crippen molar-refractivity contribution >= 4 is 11.6 Å². The molecule has 0 saturated heterocycles. The predicted molar refractivity (Wildman–Crippen MR) is 65.4 cm³/mol. The highest BCUT2D eigenvalue weighted by atomic mass is 35.5. The summed E-state index contributed by atoms with van der Waals surface area (Å²) in [6.45, 7) is 1.87. The molecule has 4 nitrogen and oxygen atoms in total. The highest BCUT2D eigenvalue weighted by Gasteiger charge is 2.12. The Morgan fingerprint density at radius 2 is 2.06 bits per heavy atom. The molecule has 0 radical (unpaired) electrons. The summed E-state index contributed by atoms with van der Waals surface area (Å²) in [5.74, 6) is 0.145. The molecule has 0 bridgehead atoms. The van der Waals surface area contributed by atoms with Crippen LogP contribution >= 0.6 is 11.6 Å². The van der Waals surface area contributed by atoms with Crippen molar-refractivity contribution in [3.63, 3.8) is 0 Å². The van der Waals surface area contributed by atoms with E-state index in [0.29, 0.717) is 0 Å². The van der Waals surface area contributed by atoms with Gasteiger partial charge in [-0.1, -0.05) is 41.9 Å². The van der Waals surface area contributed by atoms with Gasteiger partial charge in [-0.15, -0.1) is 0 Å². The van der Waals surface area contributed by atoms with Gasteiger partial charge in [0.1, 0.15) is 6.10 Å².